The Morgan fingerprint density at radius 1 is 1.60 bits per heavy atom. The molecule has 15 heavy (non-hydrogen) atoms. The third-order valence-electron chi connectivity index (χ3n) is 2.96. The molecule has 1 aliphatic rings. The fraction of sp³-hybridized carbons (Fsp3) is 0.800. The molecular formula is C10H17N3O2. The Kier molecular flexibility index (Phi) is 2.75. The monoisotopic (exact) mass is 211 g/mol. The van der Waals surface area contributed by atoms with Gasteiger partial charge in [0, 0.05) is 12.5 Å². The molecule has 2 atom stereocenters. The maximum absolute atomic E-state index is 6.02. The van der Waals surface area contributed by atoms with Crippen molar-refractivity contribution >= 4 is 0 Å². The van der Waals surface area contributed by atoms with Gasteiger partial charge >= 0.3 is 0 Å². The van der Waals surface area contributed by atoms with Gasteiger partial charge in [0.05, 0.1) is 12.1 Å². The minimum Gasteiger partial charge on any atom is -0.381 e. The van der Waals surface area contributed by atoms with Gasteiger partial charge in [-0.05, 0) is 19.8 Å². The summed E-state index contributed by atoms with van der Waals surface area (Å²) < 4.78 is 10.5. The summed E-state index contributed by atoms with van der Waals surface area (Å²) >= 11 is 0. The molecule has 0 amide bonds. The molecule has 1 aromatic rings. The quantitative estimate of drug-likeness (QED) is 0.812. The normalized spacial score (nSPS) is 25.4. The fourth-order valence-electron chi connectivity index (χ4n) is 1.52. The predicted octanol–water partition coefficient (Wildman–Crippen LogP) is 1.16. The average molecular weight is 211 g/mol. The molecule has 0 spiro atoms. The van der Waals surface area contributed by atoms with Crippen LogP contribution >= 0.6 is 0 Å². The molecule has 84 valence electrons. The van der Waals surface area contributed by atoms with Crippen LogP contribution in [0.2, 0.25) is 0 Å². The number of rotatable bonds is 3. The number of aromatic nitrogens is 2. The van der Waals surface area contributed by atoms with E-state index in [-0.39, 0.29) is 5.92 Å². The molecule has 0 radical (unpaired) electrons. The van der Waals surface area contributed by atoms with Crippen molar-refractivity contribution in [1.29, 1.82) is 0 Å². The van der Waals surface area contributed by atoms with E-state index in [1.54, 1.807) is 0 Å². The summed E-state index contributed by atoms with van der Waals surface area (Å²) in [6, 6.07) is 0. The Morgan fingerprint density at radius 2 is 2.40 bits per heavy atom. The first-order chi connectivity index (χ1) is 7.13. The van der Waals surface area contributed by atoms with Crippen molar-refractivity contribution < 1.29 is 9.26 Å². The van der Waals surface area contributed by atoms with E-state index in [4.69, 9.17) is 15.0 Å². The second kappa shape index (κ2) is 3.90. The first kappa shape index (κ1) is 10.6. The van der Waals surface area contributed by atoms with E-state index < -0.39 is 5.54 Å². The Balaban J connectivity index is 2.16. The molecule has 5 nitrogen and oxygen atoms in total. The molecule has 2 unspecified atom stereocenters. The van der Waals surface area contributed by atoms with Gasteiger partial charge in [-0.25, -0.2) is 0 Å². The Morgan fingerprint density at radius 3 is 3.00 bits per heavy atom. The minimum absolute atomic E-state index is 0.273. The summed E-state index contributed by atoms with van der Waals surface area (Å²) in [6.45, 7) is 5.37. The zero-order chi connectivity index (χ0) is 10.9. The van der Waals surface area contributed by atoms with Crippen molar-refractivity contribution in [3.8, 4) is 0 Å². The van der Waals surface area contributed by atoms with Crippen molar-refractivity contribution in [3.63, 3.8) is 0 Å². The maximum atomic E-state index is 6.02. The lowest BCUT2D eigenvalue weighted by Gasteiger charge is -2.16. The van der Waals surface area contributed by atoms with Gasteiger partial charge in [0.1, 0.15) is 0 Å². The second-order valence-corrected chi connectivity index (χ2v) is 4.29. The third-order valence-corrected chi connectivity index (χ3v) is 2.96. The van der Waals surface area contributed by atoms with Crippen LogP contribution in [0.5, 0.6) is 0 Å². The van der Waals surface area contributed by atoms with Crippen LogP contribution in [0.15, 0.2) is 4.52 Å². The molecule has 0 aromatic carbocycles. The molecule has 0 aliphatic carbocycles. The zero-order valence-electron chi connectivity index (χ0n) is 9.19. The molecule has 0 saturated carbocycles. The second-order valence-electron chi connectivity index (χ2n) is 4.29. The van der Waals surface area contributed by atoms with Crippen LogP contribution < -0.4 is 5.73 Å². The highest BCUT2D eigenvalue weighted by Crippen LogP contribution is 2.25. The van der Waals surface area contributed by atoms with Crippen LogP contribution in [0.3, 0.4) is 0 Å². The Labute approximate surface area is 89.0 Å². The zero-order valence-corrected chi connectivity index (χ0v) is 9.19. The largest absolute Gasteiger partial charge is 0.381 e. The highest BCUT2D eigenvalue weighted by atomic mass is 16.5. The van der Waals surface area contributed by atoms with E-state index in [1.807, 2.05) is 13.8 Å². The molecule has 1 aliphatic heterocycles. The fourth-order valence-corrected chi connectivity index (χ4v) is 1.52. The van der Waals surface area contributed by atoms with Crippen molar-refractivity contribution in [2.75, 3.05) is 13.2 Å². The van der Waals surface area contributed by atoms with Gasteiger partial charge in [0.15, 0.2) is 5.82 Å². The number of nitrogens with zero attached hydrogens (tertiary/aromatic N) is 2. The van der Waals surface area contributed by atoms with Crippen LogP contribution in [0.25, 0.3) is 0 Å². The van der Waals surface area contributed by atoms with E-state index in [1.165, 1.54) is 0 Å². The van der Waals surface area contributed by atoms with Crippen LogP contribution in [-0.2, 0) is 10.3 Å². The summed E-state index contributed by atoms with van der Waals surface area (Å²) in [5.41, 5.74) is 5.50. The summed E-state index contributed by atoms with van der Waals surface area (Å²) in [6.07, 6.45) is 1.74. The number of hydrogen-bond acceptors (Lipinski definition) is 5. The predicted molar refractivity (Wildman–Crippen MR) is 54.3 cm³/mol. The SMILES string of the molecule is CCC(C)(N)c1nc(C2CCOC2)no1. The van der Waals surface area contributed by atoms with E-state index in [0.717, 1.165) is 25.3 Å². The van der Waals surface area contributed by atoms with E-state index >= 15 is 0 Å². The van der Waals surface area contributed by atoms with Crippen LogP contribution in [0.1, 0.15) is 44.3 Å². The van der Waals surface area contributed by atoms with Gasteiger partial charge in [0.2, 0.25) is 5.89 Å². The van der Waals surface area contributed by atoms with Gasteiger partial charge in [-0.2, -0.15) is 4.98 Å². The molecular weight excluding hydrogens is 194 g/mol. The first-order valence-corrected chi connectivity index (χ1v) is 5.34. The summed E-state index contributed by atoms with van der Waals surface area (Å²) in [5, 5.41) is 3.97. The van der Waals surface area contributed by atoms with Gasteiger partial charge < -0.3 is 15.0 Å². The topological polar surface area (TPSA) is 74.2 Å². The molecule has 2 heterocycles. The standard InChI is InChI=1S/C10H17N3O2/c1-3-10(2,11)9-12-8(13-15-9)7-4-5-14-6-7/h7H,3-6,11H2,1-2H3. The highest BCUT2D eigenvalue weighted by Gasteiger charge is 2.29. The Hall–Kier alpha value is -0.940. The van der Waals surface area contributed by atoms with Gasteiger partial charge in [-0.3, -0.25) is 0 Å². The van der Waals surface area contributed by atoms with Crippen molar-refractivity contribution in [2.45, 2.75) is 38.1 Å². The molecule has 1 aromatic heterocycles. The molecule has 2 N–H and O–H groups in total. The van der Waals surface area contributed by atoms with E-state index in [0.29, 0.717) is 12.5 Å². The lowest BCUT2D eigenvalue weighted by atomic mass is 10.0. The minimum atomic E-state index is -0.523. The molecule has 1 saturated heterocycles. The van der Waals surface area contributed by atoms with E-state index in [9.17, 15) is 0 Å². The van der Waals surface area contributed by atoms with E-state index in [2.05, 4.69) is 10.1 Å². The van der Waals surface area contributed by atoms with Crippen molar-refractivity contribution in [3.05, 3.63) is 11.7 Å². The molecule has 5 heteroatoms. The van der Waals surface area contributed by atoms with Gasteiger partial charge in [-0.1, -0.05) is 12.1 Å². The molecule has 0 bridgehead atoms. The van der Waals surface area contributed by atoms with Crippen LogP contribution in [0.4, 0.5) is 0 Å². The smallest absolute Gasteiger partial charge is 0.246 e. The lowest BCUT2D eigenvalue weighted by molar-refractivity contribution is 0.192. The van der Waals surface area contributed by atoms with Crippen molar-refractivity contribution in [1.82, 2.24) is 10.1 Å². The number of ether oxygens (including phenoxy) is 1. The molecule has 1 fully saturated rings. The van der Waals surface area contributed by atoms with Crippen molar-refractivity contribution in [2.24, 2.45) is 5.73 Å². The highest BCUT2D eigenvalue weighted by molar-refractivity contribution is 5.03. The van der Waals surface area contributed by atoms with Gasteiger partial charge in [0.25, 0.3) is 0 Å². The summed E-state index contributed by atoms with van der Waals surface area (Å²) in [4.78, 5) is 4.35. The van der Waals surface area contributed by atoms with Crippen LogP contribution in [0, 0.1) is 0 Å². The maximum Gasteiger partial charge on any atom is 0.246 e. The Bertz CT molecular complexity index is 329. The average Bonchev–Trinajstić information content (AvgIpc) is 2.88. The first-order valence-electron chi connectivity index (χ1n) is 5.34. The number of hydrogen-bond donors (Lipinski definition) is 1. The summed E-state index contributed by atoms with van der Waals surface area (Å²) in [7, 11) is 0. The van der Waals surface area contributed by atoms with Gasteiger partial charge in [-0.15, -0.1) is 0 Å². The third kappa shape index (κ3) is 2.03. The van der Waals surface area contributed by atoms with Crippen LogP contribution in [-0.4, -0.2) is 23.4 Å². The molecule has 2 rings (SSSR count). The summed E-state index contributed by atoms with van der Waals surface area (Å²) in [5.74, 6) is 1.52. The number of nitrogens with two attached hydrogens (primary N) is 1. The lowest BCUT2D eigenvalue weighted by Crippen LogP contribution is -2.32.